The summed E-state index contributed by atoms with van der Waals surface area (Å²) in [5, 5.41) is 15.0. The highest BCUT2D eigenvalue weighted by Gasteiger charge is 2.13. The number of rotatable bonds is 5. The quantitative estimate of drug-likeness (QED) is 0.548. The number of nitrogens with one attached hydrogen (secondary N) is 3. The van der Waals surface area contributed by atoms with Gasteiger partial charge in [-0.3, -0.25) is 9.59 Å². The van der Waals surface area contributed by atoms with E-state index in [9.17, 15) is 14.7 Å². The van der Waals surface area contributed by atoms with E-state index in [4.69, 9.17) is 0 Å². The van der Waals surface area contributed by atoms with Gasteiger partial charge in [-0.15, -0.1) is 0 Å². The highest BCUT2D eigenvalue weighted by atomic mass is 16.3. The number of nitrogens with zero attached hydrogens (tertiary/aromatic N) is 3. The van der Waals surface area contributed by atoms with Crippen LogP contribution in [0.15, 0.2) is 42.9 Å². The predicted molar refractivity (Wildman–Crippen MR) is 92.6 cm³/mol. The average molecular weight is 352 g/mol. The molecule has 9 nitrogen and oxygen atoms in total. The molecule has 26 heavy (non-hydrogen) atoms. The Morgan fingerprint density at radius 3 is 2.73 bits per heavy atom. The minimum Gasteiger partial charge on any atom is -0.505 e. The highest BCUT2D eigenvalue weighted by Crippen LogP contribution is 2.15. The van der Waals surface area contributed by atoms with Gasteiger partial charge in [0.15, 0.2) is 5.69 Å². The number of aromatic hydroxyl groups is 1. The average Bonchev–Trinajstić information content (AvgIpc) is 3.07. The van der Waals surface area contributed by atoms with E-state index < -0.39 is 5.91 Å². The lowest BCUT2D eigenvalue weighted by molar-refractivity contribution is 0.0945. The van der Waals surface area contributed by atoms with Crippen LogP contribution in [0.1, 0.15) is 32.4 Å². The van der Waals surface area contributed by atoms with Crippen molar-refractivity contribution >= 4 is 17.6 Å². The van der Waals surface area contributed by atoms with Crippen molar-refractivity contribution in [3.63, 3.8) is 0 Å². The van der Waals surface area contributed by atoms with Gasteiger partial charge in [0.2, 0.25) is 0 Å². The molecular formula is C17H16N6O3. The second-order valence-corrected chi connectivity index (χ2v) is 5.44. The SMILES string of the molecule is Cc1ncc(C(=O)NCc2ccnc(NC(=O)c3ncccc3O)c2)[nH]1. The molecular weight excluding hydrogens is 336 g/mol. The zero-order chi connectivity index (χ0) is 18.5. The van der Waals surface area contributed by atoms with Gasteiger partial charge in [-0.05, 0) is 36.8 Å². The van der Waals surface area contributed by atoms with Crippen molar-refractivity contribution in [1.82, 2.24) is 25.3 Å². The molecule has 0 saturated heterocycles. The molecule has 0 saturated carbocycles. The third-order valence-corrected chi connectivity index (χ3v) is 3.47. The lowest BCUT2D eigenvalue weighted by Crippen LogP contribution is -2.23. The number of carbonyl (C=O) groups excluding carboxylic acids is 2. The van der Waals surface area contributed by atoms with Crippen molar-refractivity contribution in [2.45, 2.75) is 13.5 Å². The maximum atomic E-state index is 12.1. The summed E-state index contributed by atoms with van der Waals surface area (Å²) in [6.45, 7) is 2.01. The molecule has 9 heteroatoms. The molecule has 3 rings (SSSR count). The Kier molecular flexibility index (Phi) is 4.88. The number of aryl methyl sites for hydroxylation is 1. The minimum absolute atomic E-state index is 0.0948. The largest absolute Gasteiger partial charge is 0.505 e. The summed E-state index contributed by atoms with van der Waals surface area (Å²) in [5.74, 6) is -0.148. The topological polar surface area (TPSA) is 133 Å². The van der Waals surface area contributed by atoms with Crippen LogP contribution in [0.3, 0.4) is 0 Å². The molecule has 4 N–H and O–H groups in total. The first-order valence-electron chi connectivity index (χ1n) is 7.73. The molecule has 0 spiro atoms. The first kappa shape index (κ1) is 17.1. The van der Waals surface area contributed by atoms with Gasteiger partial charge >= 0.3 is 0 Å². The van der Waals surface area contributed by atoms with E-state index in [1.165, 1.54) is 30.7 Å². The van der Waals surface area contributed by atoms with Crippen LogP contribution in [0.4, 0.5) is 5.82 Å². The Bertz CT molecular complexity index is 953. The van der Waals surface area contributed by atoms with E-state index in [0.717, 1.165) is 5.56 Å². The number of anilines is 1. The first-order chi connectivity index (χ1) is 12.5. The van der Waals surface area contributed by atoms with E-state index in [0.29, 0.717) is 11.5 Å². The summed E-state index contributed by atoms with van der Waals surface area (Å²) in [6.07, 6.45) is 4.38. The molecule has 3 heterocycles. The molecule has 0 radical (unpaired) electrons. The van der Waals surface area contributed by atoms with Crippen LogP contribution in [0, 0.1) is 6.92 Å². The minimum atomic E-state index is -0.579. The van der Waals surface area contributed by atoms with Gasteiger partial charge in [0, 0.05) is 18.9 Å². The Labute approximate surface area is 148 Å². The van der Waals surface area contributed by atoms with Crippen LogP contribution in [0.5, 0.6) is 5.75 Å². The molecule has 3 aromatic rings. The van der Waals surface area contributed by atoms with Crippen LogP contribution in [0.25, 0.3) is 0 Å². The fraction of sp³-hybridized carbons (Fsp3) is 0.118. The van der Waals surface area contributed by atoms with E-state index in [2.05, 4.69) is 30.6 Å². The number of hydrogen-bond donors (Lipinski definition) is 4. The summed E-state index contributed by atoms with van der Waals surface area (Å²) in [5.41, 5.74) is 1.02. The summed E-state index contributed by atoms with van der Waals surface area (Å²) in [4.78, 5) is 38.9. The molecule has 2 amide bonds. The molecule has 0 aliphatic carbocycles. The maximum absolute atomic E-state index is 12.1. The summed E-state index contributed by atoms with van der Waals surface area (Å²) in [6, 6.07) is 6.23. The van der Waals surface area contributed by atoms with Crippen LogP contribution in [0.2, 0.25) is 0 Å². The predicted octanol–water partition coefficient (Wildman–Crippen LogP) is 1.40. The standard InChI is InChI=1S/C17H16N6O3/c1-10-20-9-12(22-10)16(25)21-8-11-4-6-18-14(7-11)23-17(26)15-13(24)3-2-5-19-15/h2-7,9,24H,8H2,1H3,(H,20,22)(H,21,25)(H,18,23,26). The normalized spacial score (nSPS) is 10.3. The maximum Gasteiger partial charge on any atom is 0.279 e. The van der Waals surface area contributed by atoms with Gasteiger partial charge in [0.1, 0.15) is 23.1 Å². The number of H-pyrrole nitrogens is 1. The van der Waals surface area contributed by atoms with Crippen molar-refractivity contribution in [3.8, 4) is 5.75 Å². The van der Waals surface area contributed by atoms with E-state index in [1.807, 2.05) is 0 Å². The van der Waals surface area contributed by atoms with Crippen molar-refractivity contribution < 1.29 is 14.7 Å². The lowest BCUT2D eigenvalue weighted by atomic mass is 10.2. The third-order valence-electron chi connectivity index (χ3n) is 3.47. The van der Waals surface area contributed by atoms with E-state index >= 15 is 0 Å². The molecule has 0 unspecified atom stereocenters. The molecule has 0 aliphatic rings. The molecule has 132 valence electrons. The Morgan fingerprint density at radius 2 is 2.00 bits per heavy atom. The summed E-state index contributed by atoms with van der Waals surface area (Å²) >= 11 is 0. The van der Waals surface area contributed by atoms with Gasteiger partial charge < -0.3 is 20.7 Å². The monoisotopic (exact) mass is 352 g/mol. The molecule has 0 bridgehead atoms. The van der Waals surface area contributed by atoms with Gasteiger partial charge in [-0.25, -0.2) is 15.0 Å². The van der Waals surface area contributed by atoms with Crippen LogP contribution >= 0.6 is 0 Å². The molecule has 0 aromatic carbocycles. The Hall–Kier alpha value is -3.75. The Morgan fingerprint density at radius 1 is 1.15 bits per heavy atom. The molecule has 0 aliphatic heterocycles. The van der Waals surface area contributed by atoms with Gasteiger partial charge in [-0.1, -0.05) is 0 Å². The number of hydrogen-bond acceptors (Lipinski definition) is 6. The number of imidazole rings is 1. The number of aromatic nitrogens is 4. The fourth-order valence-corrected chi connectivity index (χ4v) is 2.21. The molecule has 3 aromatic heterocycles. The van der Waals surface area contributed by atoms with Crippen LogP contribution in [-0.2, 0) is 6.54 Å². The zero-order valence-corrected chi connectivity index (χ0v) is 13.9. The lowest BCUT2D eigenvalue weighted by Gasteiger charge is -2.08. The number of pyridine rings is 2. The van der Waals surface area contributed by atoms with Gasteiger partial charge in [0.05, 0.1) is 6.20 Å². The molecule has 0 fully saturated rings. The van der Waals surface area contributed by atoms with Crippen LogP contribution < -0.4 is 10.6 Å². The second kappa shape index (κ2) is 7.43. The van der Waals surface area contributed by atoms with Crippen molar-refractivity contribution in [2.24, 2.45) is 0 Å². The summed E-state index contributed by atoms with van der Waals surface area (Å²) < 4.78 is 0. The van der Waals surface area contributed by atoms with Gasteiger partial charge in [0.25, 0.3) is 11.8 Å². The highest BCUT2D eigenvalue weighted by molar-refractivity contribution is 6.04. The van der Waals surface area contributed by atoms with E-state index in [1.54, 1.807) is 19.1 Å². The Balaban J connectivity index is 1.64. The smallest absolute Gasteiger partial charge is 0.279 e. The summed E-state index contributed by atoms with van der Waals surface area (Å²) in [7, 11) is 0. The van der Waals surface area contributed by atoms with Crippen LogP contribution in [-0.4, -0.2) is 36.9 Å². The fourth-order valence-electron chi connectivity index (χ4n) is 2.21. The molecule has 0 atom stereocenters. The first-order valence-corrected chi connectivity index (χ1v) is 7.73. The third kappa shape index (κ3) is 4.01. The zero-order valence-electron chi connectivity index (χ0n) is 13.9. The van der Waals surface area contributed by atoms with Crippen molar-refractivity contribution in [1.29, 1.82) is 0 Å². The number of amides is 2. The number of aromatic amines is 1. The van der Waals surface area contributed by atoms with E-state index in [-0.39, 0.29) is 29.7 Å². The van der Waals surface area contributed by atoms with Crippen molar-refractivity contribution in [3.05, 3.63) is 65.6 Å². The van der Waals surface area contributed by atoms with Gasteiger partial charge in [-0.2, -0.15) is 0 Å². The second-order valence-electron chi connectivity index (χ2n) is 5.44. The number of carbonyl (C=O) groups is 2. The van der Waals surface area contributed by atoms with Crippen molar-refractivity contribution in [2.75, 3.05) is 5.32 Å².